The molecule has 0 radical (unpaired) electrons. The molecule has 126 valence electrons. The average Bonchev–Trinajstić information content (AvgIpc) is 2.94. The Morgan fingerprint density at radius 1 is 1.21 bits per heavy atom. The number of anilines is 1. The third-order valence-electron chi connectivity index (χ3n) is 4.38. The zero-order valence-corrected chi connectivity index (χ0v) is 14.8. The Morgan fingerprint density at radius 3 is 2.71 bits per heavy atom. The van der Waals surface area contributed by atoms with Gasteiger partial charge in [0.05, 0.1) is 5.69 Å². The van der Waals surface area contributed by atoms with Crippen LogP contribution < -0.4 is 5.32 Å². The first-order chi connectivity index (χ1) is 11.5. The highest BCUT2D eigenvalue weighted by Gasteiger charge is 2.09. The van der Waals surface area contributed by atoms with E-state index in [4.69, 9.17) is 0 Å². The molecular formula is C19H25N5. The summed E-state index contributed by atoms with van der Waals surface area (Å²) < 4.78 is 1.86. The van der Waals surface area contributed by atoms with E-state index in [1.54, 1.807) is 6.20 Å². The molecule has 0 aliphatic carbocycles. The topological polar surface area (TPSA) is 45.5 Å². The quantitative estimate of drug-likeness (QED) is 0.754. The van der Waals surface area contributed by atoms with E-state index in [1.165, 1.54) is 11.1 Å². The maximum atomic E-state index is 4.47. The molecule has 0 aliphatic heterocycles. The molecule has 0 fully saturated rings. The van der Waals surface area contributed by atoms with E-state index in [9.17, 15) is 0 Å². The Bertz CT molecular complexity index is 821. The van der Waals surface area contributed by atoms with E-state index < -0.39 is 0 Å². The Kier molecular flexibility index (Phi) is 4.81. The Hall–Kier alpha value is -2.40. The molecule has 0 atom stereocenters. The van der Waals surface area contributed by atoms with Gasteiger partial charge in [-0.15, -0.1) is 0 Å². The molecule has 3 aromatic rings. The van der Waals surface area contributed by atoms with Crippen LogP contribution in [0.4, 0.5) is 5.82 Å². The van der Waals surface area contributed by atoms with Crippen LogP contribution in [0.2, 0.25) is 0 Å². The van der Waals surface area contributed by atoms with Gasteiger partial charge in [0.2, 0.25) is 0 Å². The predicted molar refractivity (Wildman–Crippen MR) is 98.1 cm³/mol. The molecule has 0 saturated carbocycles. The average molecular weight is 323 g/mol. The number of hydrogen-bond donors (Lipinski definition) is 1. The number of aryl methyl sites for hydroxylation is 1. The minimum atomic E-state index is 0.524. The molecule has 24 heavy (non-hydrogen) atoms. The lowest BCUT2D eigenvalue weighted by molar-refractivity contribution is 0.265. The largest absolute Gasteiger partial charge is 0.364 e. The van der Waals surface area contributed by atoms with Crippen molar-refractivity contribution in [3.05, 3.63) is 59.5 Å². The predicted octanol–water partition coefficient (Wildman–Crippen LogP) is 3.49. The third-order valence-corrected chi connectivity index (χ3v) is 4.38. The molecular weight excluding hydrogens is 298 g/mol. The highest BCUT2D eigenvalue weighted by molar-refractivity contribution is 5.67. The van der Waals surface area contributed by atoms with E-state index in [0.29, 0.717) is 6.04 Å². The molecule has 0 aliphatic rings. The molecule has 0 unspecified atom stereocenters. The number of aromatic nitrogens is 3. The molecule has 2 heterocycles. The summed E-state index contributed by atoms with van der Waals surface area (Å²) in [6.45, 7) is 8.12. The Labute approximate surface area is 143 Å². The van der Waals surface area contributed by atoms with E-state index in [0.717, 1.165) is 30.1 Å². The fourth-order valence-corrected chi connectivity index (χ4v) is 2.69. The number of hydrogen-bond acceptors (Lipinski definition) is 4. The van der Waals surface area contributed by atoms with Gasteiger partial charge in [0.1, 0.15) is 5.52 Å². The van der Waals surface area contributed by atoms with Gasteiger partial charge in [-0.25, -0.2) is 9.50 Å². The van der Waals surface area contributed by atoms with Crippen molar-refractivity contribution < 1.29 is 0 Å². The van der Waals surface area contributed by atoms with Crippen molar-refractivity contribution in [1.82, 2.24) is 19.5 Å². The molecule has 0 amide bonds. The summed E-state index contributed by atoms with van der Waals surface area (Å²) in [4.78, 5) is 6.82. The summed E-state index contributed by atoms with van der Waals surface area (Å²) in [6, 6.07) is 11.1. The summed E-state index contributed by atoms with van der Waals surface area (Å²) in [7, 11) is 2.16. The fourth-order valence-electron chi connectivity index (χ4n) is 2.69. The maximum Gasteiger partial charge on any atom is 0.152 e. The zero-order valence-electron chi connectivity index (χ0n) is 14.8. The van der Waals surface area contributed by atoms with Gasteiger partial charge in [-0.1, -0.05) is 24.3 Å². The fraction of sp³-hybridized carbons (Fsp3) is 0.368. The van der Waals surface area contributed by atoms with Gasteiger partial charge in [-0.05, 0) is 45.0 Å². The lowest BCUT2D eigenvalue weighted by atomic mass is 10.1. The first kappa shape index (κ1) is 16.5. The summed E-state index contributed by atoms with van der Waals surface area (Å²) >= 11 is 0. The van der Waals surface area contributed by atoms with Crippen molar-refractivity contribution in [2.45, 2.75) is 39.9 Å². The van der Waals surface area contributed by atoms with Gasteiger partial charge < -0.3 is 5.32 Å². The van der Waals surface area contributed by atoms with Gasteiger partial charge in [0, 0.05) is 31.5 Å². The lowest BCUT2D eigenvalue weighted by Gasteiger charge is -2.22. The van der Waals surface area contributed by atoms with Gasteiger partial charge in [-0.2, -0.15) is 5.10 Å². The van der Waals surface area contributed by atoms with Crippen molar-refractivity contribution in [3.63, 3.8) is 0 Å². The first-order valence-electron chi connectivity index (χ1n) is 8.36. The standard InChI is InChI=1S/C19H25N5/c1-14(2)23(4)13-17-8-6-5-7-16(17)12-21-19-18-11-15(3)22-24(18)10-9-20-19/h5-11,14H,12-13H2,1-4H3,(H,20,21). The molecule has 1 aromatic carbocycles. The van der Waals surface area contributed by atoms with Crippen LogP contribution in [-0.2, 0) is 13.1 Å². The maximum absolute atomic E-state index is 4.47. The molecule has 0 spiro atoms. The van der Waals surface area contributed by atoms with E-state index in [2.05, 4.69) is 65.5 Å². The first-order valence-corrected chi connectivity index (χ1v) is 8.36. The molecule has 1 N–H and O–H groups in total. The van der Waals surface area contributed by atoms with Crippen LogP contribution in [0, 0.1) is 6.92 Å². The van der Waals surface area contributed by atoms with Crippen LogP contribution in [0.3, 0.4) is 0 Å². The van der Waals surface area contributed by atoms with Crippen LogP contribution >= 0.6 is 0 Å². The Balaban J connectivity index is 1.79. The van der Waals surface area contributed by atoms with Gasteiger partial charge >= 0.3 is 0 Å². The van der Waals surface area contributed by atoms with Crippen molar-refractivity contribution >= 4 is 11.3 Å². The van der Waals surface area contributed by atoms with Crippen molar-refractivity contribution in [3.8, 4) is 0 Å². The SMILES string of the molecule is Cc1cc2c(NCc3ccccc3CN(C)C(C)C)nccn2n1. The second kappa shape index (κ2) is 7.01. The summed E-state index contributed by atoms with van der Waals surface area (Å²) in [6.07, 6.45) is 3.65. The molecule has 5 heteroatoms. The second-order valence-electron chi connectivity index (χ2n) is 6.52. The van der Waals surface area contributed by atoms with Gasteiger partial charge in [-0.3, -0.25) is 4.90 Å². The van der Waals surface area contributed by atoms with Crippen LogP contribution in [0.1, 0.15) is 30.7 Å². The van der Waals surface area contributed by atoms with E-state index >= 15 is 0 Å². The highest BCUT2D eigenvalue weighted by atomic mass is 15.2. The smallest absolute Gasteiger partial charge is 0.152 e. The molecule has 0 saturated heterocycles. The monoisotopic (exact) mass is 323 g/mol. The number of rotatable bonds is 6. The van der Waals surface area contributed by atoms with Crippen molar-refractivity contribution in [1.29, 1.82) is 0 Å². The van der Waals surface area contributed by atoms with Crippen LogP contribution in [0.5, 0.6) is 0 Å². The van der Waals surface area contributed by atoms with Gasteiger partial charge in [0.15, 0.2) is 5.82 Å². The molecule has 2 aromatic heterocycles. The summed E-state index contributed by atoms with van der Waals surface area (Å²) in [5.74, 6) is 0.866. The number of benzene rings is 1. The second-order valence-corrected chi connectivity index (χ2v) is 6.52. The number of nitrogens with one attached hydrogen (secondary N) is 1. The highest BCUT2D eigenvalue weighted by Crippen LogP contribution is 2.18. The van der Waals surface area contributed by atoms with Crippen LogP contribution in [0.25, 0.3) is 5.52 Å². The van der Waals surface area contributed by atoms with Crippen LogP contribution in [0.15, 0.2) is 42.7 Å². The molecule has 0 bridgehead atoms. The minimum absolute atomic E-state index is 0.524. The summed E-state index contributed by atoms with van der Waals surface area (Å²) in [5.41, 5.74) is 4.64. The van der Waals surface area contributed by atoms with Crippen molar-refractivity contribution in [2.75, 3.05) is 12.4 Å². The number of fused-ring (bicyclic) bond motifs is 1. The van der Waals surface area contributed by atoms with Crippen molar-refractivity contribution in [2.24, 2.45) is 0 Å². The summed E-state index contributed by atoms with van der Waals surface area (Å²) in [5, 5.41) is 7.90. The normalized spacial score (nSPS) is 11.6. The molecule has 3 rings (SSSR count). The Morgan fingerprint density at radius 2 is 1.96 bits per heavy atom. The van der Waals surface area contributed by atoms with Gasteiger partial charge in [0.25, 0.3) is 0 Å². The third kappa shape index (κ3) is 3.57. The number of nitrogens with zero attached hydrogens (tertiary/aromatic N) is 4. The lowest BCUT2D eigenvalue weighted by Crippen LogP contribution is -2.26. The zero-order chi connectivity index (χ0) is 17.1. The van der Waals surface area contributed by atoms with E-state index in [-0.39, 0.29) is 0 Å². The van der Waals surface area contributed by atoms with E-state index in [1.807, 2.05) is 23.7 Å². The van der Waals surface area contributed by atoms with Crippen LogP contribution in [-0.4, -0.2) is 32.6 Å². The molecule has 5 nitrogen and oxygen atoms in total. The minimum Gasteiger partial charge on any atom is -0.364 e.